The maximum absolute atomic E-state index is 8.70. The SMILES string of the molecule is COC(C)CNc1ccc(C#N)cc1Br. The molecule has 1 atom stereocenters. The lowest BCUT2D eigenvalue weighted by Gasteiger charge is -2.13. The Balaban J connectivity index is 2.67. The van der Waals surface area contributed by atoms with Crippen molar-refractivity contribution < 1.29 is 4.74 Å². The van der Waals surface area contributed by atoms with Gasteiger partial charge in [-0.1, -0.05) is 0 Å². The molecule has 0 saturated carbocycles. The monoisotopic (exact) mass is 268 g/mol. The van der Waals surface area contributed by atoms with Crippen molar-refractivity contribution in [2.75, 3.05) is 19.0 Å². The highest BCUT2D eigenvalue weighted by molar-refractivity contribution is 9.10. The van der Waals surface area contributed by atoms with Gasteiger partial charge in [0, 0.05) is 23.8 Å². The summed E-state index contributed by atoms with van der Waals surface area (Å²) in [5.41, 5.74) is 1.62. The van der Waals surface area contributed by atoms with Gasteiger partial charge in [-0.15, -0.1) is 0 Å². The van der Waals surface area contributed by atoms with Crippen molar-refractivity contribution in [3.8, 4) is 6.07 Å². The number of anilines is 1. The van der Waals surface area contributed by atoms with Gasteiger partial charge in [0.05, 0.1) is 17.7 Å². The van der Waals surface area contributed by atoms with Gasteiger partial charge in [0.25, 0.3) is 0 Å². The number of ether oxygens (including phenoxy) is 1. The summed E-state index contributed by atoms with van der Waals surface area (Å²) in [6.07, 6.45) is 0.160. The maximum atomic E-state index is 8.70. The van der Waals surface area contributed by atoms with Gasteiger partial charge in [-0.3, -0.25) is 0 Å². The molecule has 1 aromatic rings. The van der Waals surface area contributed by atoms with Gasteiger partial charge in [0.15, 0.2) is 0 Å². The van der Waals surface area contributed by atoms with Crippen molar-refractivity contribution >= 4 is 21.6 Å². The van der Waals surface area contributed by atoms with Gasteiger partial charge >= 0.3 is 0 Å². The van der Waals surface area contributed by atoms with Crippen LogP contribution in [0.5, 0.6) is 0 Å². The Morgan fingerprint density at radius 1 is 1.60 bits per heavy atom. The van der Waals surface area contributed by atoms with E-state index in [1.54, 1.807) is 19.2 Å². The maximum Gasteiger partial charge on any atom is 0.0992 e. The van der Waals surface area contributed by atoms with Crippen LogP contribution in [-0.4, -0.2) is 19.8 Å². The molecular formula is C11H13BrN2O. The second kappa shape index (κ2) is 5.74. The van der Waals surface area contributed by atoms with Gasteiger partial charge in [0.1, 0.15) is 0 Å². The van der Waals surface area contributed by atoms with Crippen LogP contribution in [0.3, 0.4) is 0 Å². The Morgan fingerprint density at radius 3 is 2.87 bits per heavy atom. The summed E-state index contributed by atoms with van der Waals surface area (Å²) in [6.45, 7) is 2.73. The molecule has 0 aromatic heterocycles. The molecule has 0 radical (unpaired) electrons. The van der Waals surface area contributed by atoms with Crippen LogP contribution in [0.15, 0.2) is 22.7 Å². The molecular weight excluding hydrogens is 256 g/mol. The second-order valence-corrected chi connectivity index (χ2v) is 4.09. The number of hydrogen-bond donors (Lipinski definition) is 1. The standard InChI is InChI=1S/C11H13BrN2O/c1-8(15-2)7-14-11-4-3-9(6-13)5-10(11)12/h3-5,8,14H,7H2,1-2H3. The quantitative estimate of drug-likeness (QED) is 0.914. The molecule has 0 aliphatic heterocycles. The third-order valence-corrected chi connectivity index (χ3v) is 2.74. The van der Waals surface area contributed by atoms with E-state index in [9.17, 15) is 0 Å². The average Bonchev–Trinajstić information content (AvgIpc) is 2.26. The first-order valence-corrected chi connectivity index (χ1v) is 5.43. The molecule has 3 nitrogen and oxygen atoms in total. The molecule has 0 fully saturated rings. The van der Waals surface area contributed by atoms with Gasteiger partial charge in [-0.25, -0.2) is 0 Å². The van der Waals surface area contributed by atoms with Crippen molar-refractivity contribution in [2.45, 2.75) is 13.0 Å². The average molecular weight is 269 g/mol. The number of nitriles is 1. The Labute approximate surface area is 98.2 Å². The largest absolute Gasteiger partial charge is 0.382 e. The number of methoxy groups -OCH3 is 1. The molecule has 0 spiro atoms. The molecule has 0 heterocycles. The van der Waals surface area contributed by atoms with Crippen LogP contribution < -0.4 is 5.32 Å². The predicted octanol–water partition coefficient (Wildman–Crippen LogP) is 2.77. The summed E-state index contributed by atoms with van der Waals surface area (Å²) >= 11 is 3.41. The number of benzene rings is 1. The van der Waals surface area contributed by atoms with Crippen LogP contribution in [0.25, 0.3) is 0 Å². The van der Waals surface area contributed by atoms with Crippen molar-refractivity contribution in [2.24, 2.45) is 0 Å². The predicted molar refractivity (Wildman–Crippen MR) is 63.8 cm³/mol. The highest BCUT2D eigenvalue weighted by Crippen LogP contribution is 2.23. The van der Waals surface area contributed by atoms with Crippen LogP contribution in [0.2, 0.25) is 0 Å². The van der Waals surface area contributed by atoms with Gasteiger partial charge < -0.3 is 10.1 Å². The van der Waals surface area contributed by atoms with Crippen LogP contribution >= 0.6 is 15.9 Å². The molecule has 1 N–H and O–H groups in total. The molecule has 1 unspecified atom stereocenters. The van der Waals surface area contributed by atoms with Crippen LogP contribution in [-0.2, 0) is 4.74 Å². The minimum Gasteiger partial charge on any atom is -0.382 e. The zero-order chi connectivity index (χ0) is 11.3. The summed E-state index contributed by atoms with van der Waals surface area (Å²) in [5, 5.41) is 11.9. The molecule has 15 heavy (non-hydrogen) atoms. The first-order valence-electron chi connectivity index (χ1n) is 4.63. The third kappa shape index (κ3) is 3.54. The minimum absolute atomic E-state index is 0.160. The Hall–Kier alpha value is -1.05. The van der Waals surface area contributed by atoms with Crippen molar-refractivity contribution in [3.63, 3.8) is 0 Å². The fourth-order valence-corrected chi connectivity index (χ4v) is 1.58. The van der Waals surface area contributed by atoms with Gasteiger partial charge in [-0.05, 0) is 41.1 Å². The smallest absolute Gasteiger partial charge is 0.0992 e. The zero-order valence-electron chi connectivity index (χ0n) is 8.75. The first kappa shape index (κ1) is 12.0. The summed E-state index contributed by atoms with van der Waals surface area (Å²) < 4.78 is 6.02. The minimum atomic E-state index is 0.160. The van der Waals surface area contributed by atoms with E-state index >= 15 is 0 Å². The van der Waals surface area contributed by atoms with Crippen molar-refractivity contribution in [1.82, 2.24) is 0 Å². The van der Waals surface area contributed by atoms with Crippen LogP contribution in [0.4, 0.5) is 5.69 Å². The zero-order valence-corrected chi connectivity index (χ0v) is 10.3. The number of nitrogens with zero attached hydrogens (tertiary/aromatic N) is 1. The van der Waals surface area contributed by atoms with E-state index < -0.39 is 0 Å². The van der Waals surface area contributed by atoms with Crippen LogP contribution in [0.1, 0.15) is 12.5 Å². The second-order valence-electron chi connectivity index (χ2n) is 3.23. The van der Waals surface area contributed by atoms with Crippen molar-refractivity contribution in [3.05, 3.63) is 28.2 Å². The van der Waals surface area contributed by atoms with Crippen molar-refractivity contribution in [1.29, 1.82) is 5.26 Å². The summed E-state index contributed by atoms with van der Waals surface area (Å²) in [6, 6.07) is 7.54. The van der Waals surface area contributed by atoms with E-state index in [-0.39, 0.29) is 6.10 Å². The normalized spacial score (nSPS) is 11.9. The number of nitrogens with one attached hydrogen (secondary N) is 1. The Kier molecular flexibility index (Phi) is 4.60. The van der Waals surface area contributed by atoms with Crippen LogP contribution in [0, 0.1) is 11.3 Å². The summed E-state index contributed by atoms with van der Waals surface area (Å²) in [5.74, 6) is 0. The number of halogens is 1. The highest BCUT2D eigenvalue weighted by Gasteiger charge is 2.03. The molecule has 4 heteroatoms. The lowest BCUT2D eigenvalue weighted by molar-refractivity contribution is 0.129. The fraction of sp³-hybridized carbons (Fsp3) is 0.364. The number of rotatable bonds is 4. The molecule has 80 valence electrons. The van der Waals surface area contributed by atoms with Gasteiger partial charge in [0.2, 0.25) is 0 Å². The highest BCUT2D eigenvalue weighted by atomic mass is 79.9. The molecule has 0 amide bonds. The lowest BCUT2D eigenvalue weighted by Crippen LogP contribution is -2.18. The third-order valence-electron chi connectivity index (χ3n) is 2.08. The van der Waals surface area contributed by atoms with E-state index in [1.165, 1.54) is 0 Å². The van der Waals surface area contributed by atoms with Gasteiger partial charge in [-0.2, -0.15) is 5.26 Å². The van der Waals surface area contributed by atoms with E-state index in [0.717, 1.165) is 16.7 Å². The summed E-state index contributed by atoms with van der Waals surface area (Å²) in [7, 11) is 1.68. The summed E-state index contributed by atoms with van der Waals surface area (Å²) in [4.78, 5) is 0. The van der Waals surface area contributed by atoms with E-state index in [2.05, 4.69) is 27.3 Å². The van der Waals surface area contributed by atoms with E-state index in [1.807, 2.05) is 13.0 Å². The molecule has 0 aliphatic carbocycles. The van der Waals surface area contributed by atoms with E-state index in [0.29, 0.717) is 5.56 Å². The molecule has 0 aliphatic rings. The Morgan fingerprint density at radius 2 is 2.33 bits per heavy atom. The lowest BCUT2D eigenvalue weighted by atomic mass is 10.2. The van der Waals surface area contributed by atoms with E-state index in [4.69, 9.17) is 10.00 Å². The number of hydrogen-bond acceptors (Lipinski definition) is 3. The fourth-order valence-electron chi connectivity index (χ4n) is 1.07. The topological polar surface area (TPSA) is 45.0 Å². The molecule has 0 saturated heterocycles. The molecule has 1 aromatic carbocycles. The molecule has 1 rings (SSSR count). The first-order chi connectivity index (χ1) is 7.17. The Bertz CT molecular complexity index is 373. The molecule has 0 bridgehead atoms.